The largest absolute Gasteiger partial charge is 0.349 e. The molecule has 3 rings (SSSR count). The first-order valence-electron chi connectivity index (χ1n) is 7.60. The van der Waals surface area contributed by atoms with Crippen LogP contribution in [0.5, 0.6) is 0 Å². The van der Waals surface area contributed by atoms with E-state index in [1.165, 1.54) is 0 Å². The zero-order valence-electron chi connectivity index (χ0n) is 13.4. The molecule has 1 aliphatic rings. The molecular weight excluding hydrogens is 292 g/mol. The second-order valence-electron chi connectivity index (χ2n) is 5.69. The van der Waals surface area contributed by atoms with Crippen LogP contribution >= 0.6 is 0 Å². The molecule has 0 atom stereocenters. The minimum absolute atomic E-state index is 0.215. The van der Waals surface area contributed by atoms with Crippen molar-refractivity contribution >= 4 is 17.6 Å². The summed E-state index contributed by atoms with van der Waals surface area (Å²) in [4.78, 5) is 38.3. The standard InChI is InChI=1S/C18H18N2O3/c1-4-19-11(2)9-15(12(19)3)16(21)10-20-17(22)13-7-5-6-8-14(13)18(20)23/h5-9H,4,10H2,1-3H3. The molecule has 2 amide bonds. The van der Waals surface area contributed by atoms with Crippen molar-refractivity contribution in [3.63, 3.8) is 0 Å². The van der Waals surface area contributed by atoms with E-state index in [0.29, 0.717) is 16.7 Å². The van der Waals surface area contributed by atoms with Crippen molar-refractivity contribution in [2.75, 3.05) is 6.54 Å². The molecule has 2 heterocycles. The quantitative estimate of drug-likeness (QED) is 0.644. The normalized spacial score (nSPS) is 13.6. The van der Waals surface area contributed by atoms with Crippen molar-refractivity contribution in [3.8, 4) is 0 Å². The smallest absolute Gasteiger partial charge is 0.261 e. The number of nitrogens with zero attached hydrogens (tertiary/aromatic N) is 2. The summed E-state index contributed by atoms with van der Waals surface area (Å²) in [7, 11) is 0. The van der Waals surface area contributed by atoms with Crippen molar-refractivity contribution < 1.29 is 14.4 Å². The van der Waals surface area contributed by atoms with Crippen LogP contribution in [0.3, 0.4) is 0 Å². The van der Waals surface area contributed by atoms with Gasteiger partial charge in [-0.3, -0.25) is 19.3 Å². The average molecular weight is 310 g/mol. The van der Waals surface area contributed by atoms with Crippen molar-refractivity contribution in [1.29, 1.82) is 0 Å². The van der Waals surface area contributed by atoms with Gasteiger partial charge in [0.15, 0.2) is 5.78 Å². The Kier molecular flexibility index (Phi) is 3.64. The molecule has 0 spiro atoms. The van der Waals surface area contributed by atoms with Gasteiger partial charge in [0.05, 0.1) is 17.7 Å². The Morgan fingerprint density at radius 1 is 1.04 bits per heavy atom. The molecule has 0 saturated carbocycles. The molecule has 0 saturated heterocycles. The molecule has 0 bridgehead atoms. The van der Waals surface area contributed by atoms with Gasteiger partial charge in [-0.15, -0.1) is 0 Å². The van der Waals surface area contributed by atoms with Crippen molar-refractivity contribution in [3.05, 3.63) is 58.4 Å². The first kappa shape index (κ1) is 15.2. The zero-order chi connectivity index (χ0) is 16.7. The van der Waals surface area contributed by atoms with Crippen molar-refractivity contribution in [1.82, 2.24) is 9.47 Å². The lowest BCUT2D eigenvalue weighted by atomic mass is 10.1. The Bertz CT molecular complexity index is 798. The molecule has 0 fully saturated rings. The first-order valence-corrected chi connectivity index (χ1v) is 7.60. The summed E-state index contributed by atoms with van der Waals surface area (Å²) >= 11 is 0. The number of hydrogen-bond acceptors (Lipinski definition) is 3. The predicted molar refractivity (Wildman–Crippen MR) is 85.7 cm³/mol. The lowest BCUT2D eigenvalue weighted by molar-refractivity contribution is 0.0624. The highest BCUT2D eigenvalue weighted by Gasteiger charge is 2.36. The molecule has 0 unspecified atom stereocenters. The maximum atomic E-state index is 12.6. The number of carbonyl (C=O) groups is 3. The summed E-state index contributed by atoms with van der Waals surface area (Å²) in [5.74, 6) is -1.01. The monoisotopic (exact) mass is 310 g/mol. The number of aromatic nitrogens is 1. The highest BCUT2D eigenvalue weighted by atomic mass is 16.2. The second kappa shape index (κ2) is 5.50. The molecule has 5 heteroatoms. The summed E-state index contributed by atoms with van der Waals surface area (Å²) in [5, 5.41) is 0. The highest BCUT2D eigenvalue weighted by molar-refractivity contribution is 6.23. The van der Waals surface area contributed by atoms with Crippen LogP contribution in [0, 0.1) is 13.8 Å². The van der Waals surface area contributed by atoms with Gasteiger partial charge in [-0.2, -0.15) is 0 Å². The number of fused-ring (bicyclic) bond motifs is 1. The van der Waals surface area contributed by atoms with E-state index in [-0.39, 0.29) is 12.3 Å². The first-order chi connectivity index (χ1) is 11.0. The maximum Gasteiger partial charge on any atom is 0.261 e. The van der Waals surface area contributed by atoms with Gasteiger partial charge in [0, 0.05) is 23.5 Å². The zero-order valence-corrected chi connectivity index (χ0v) is 13.4. The van der Waals surface area contributed by atoms with Gasteiger partial charge in [0.1, 0.15) is 0 Å². The Hall–Kier alpha value is -2.69. The van der Waals surface area contributed by atoms with Crippen LogP contribution in [0.4, 0.5) is 0 Å². The highest BCUT2D eigenvalue weighted by Crippen LogP contribution is 2.23. The topological polar surface area (TPSA) is 59.4 Å². The molecule has 1 aliphatic heterocycles. The average Bonchev–Trinajstić information content (AvgIpc) is 2.96. The summed E-state index contributed by atoms with van der Waals surface area (Å²) in [6, 6.07) is 8.47. The van der Waals surface area contributed by atoms with Gasteiger partial charge >= 0.3 is 0 Å². The number of carbonyl (C=O) groups excluding carboxylic acids is 3. The van der Waals surface area contributed by atoms with Gasteiger partial charge in [-0.25, -0.2) is 0 Å². The third-order valence-electron chi connectivity index (χ3n) is 4.37. The second-order valence-corrected chi connectivity index (χ2v) is 5.69. The van der Waals surface area contributed by atoms with E-state index in [4.69, 9.17) is 0 Å². The fourth-order valence-electron chi connectivity index (χ4n) is 3.18. The number of hydrogen-bond donors (Lipinski definition) is 0. The van der Waals surface area contributed by atoms with Gasteiger partial charge < -0.3 is 4.57 Å². The van der Waals surface area contributed by atoms with Crippen LogP contribution in [0.2, 0.25) is 0 Å². The molecular formula is C18H18N2O3. The van der Waals surface area contributed by atoms with Crippen LogP contribution in [-0.4, -0.2) is 33.6 Å². The van der Waals surface area contributed by atoms with E-state index in [1.807, 2.05) is 31.4 Å². The van der Waals surface area contributed by atoms with E-state index in [9.17, 15) is 14.4 Å². The van der Waals surface area contributed by atoms with E-state index < -0.39 is 11.8 Å². The van der Waals surface area contributed by atoms with Gasteiger partial charge in [0.2, 0.25) is 0 Å². The molecule has 0 radical (unpaired) electrons. The Labute approximate surface area is 134 Å². The summed E-state index contributed by atoms with van der Waals surface area (Å²) in [5.41, 5.74) is 3.16. The summed E-state index contributed by atoms with van der Waals surface area (Å²) < 4.78 is 2.04. The van der Waals surface area contributed by atoms with E-state index in [2.05, 4.69) is 0 Å². The SMILES string of the molecule is CCn1c(C)cc(C(=O)CN2C(=O)c3ccccc3C2=O)c1C. The number of aryl methyl sites for hydroxylation is 1. The molecule has 2 aromatic rings. The van der Waals surface area contributed by atoms with Crippen LogP contribution in [0.15, 0.2) is 30.3 Å². The van der Waals surface area contributed by atoms with E-state index in [1.54, 1.807) is 24.3 Å². The van der Waals surface area contributed by atoms with Crippen LogP contribution in [-0.2, 0) is 6.54 Å². The molecule has 0 aliphatic carbocycles. The van der Waals surface area contributed by atoms with Crippen LogP contribution in [0.1, 0.15) is 49.4 Å². The number of Topliss-reactive ketones (excluding diaryl/α,β-unsaturated/α-hetero) is 1. The molecule has 0 N–H and O–H groups in total. The fourth-order valence-corrected chi connectivity index (χ4v) is 3.18. The predicted octanol–water partition coefficient (Wildman–Crippen LogP) is 2.60. The van der Waals surface area contributed by atoms with Crippen molar-refractivity contribution in [2.45, 2.75) is 27.3 Å². The minimum atomic E-state index is -0.400. The van der Waals surface area contributed by atoms with E-state index >= 15 is 0 Å². The fraction of sp³-hybridized carbons (Fsp3) is 0.278. The Balaban J connectivity index is 1.88. The molecule has 1 aromatic carbocycles. The van der Waals surface area contributed by atoms with Gasteiger partial charge in [-0.1, -0.05) is 12.1 Å². The molecule has 23 heavy (non-hydrogen) atoms. The molecule has 5 nitrogen and oxygen atoms in total. The maximum absolute atomic E-state index is 12.6. The third kappa shape index (κ3) is 2.29. The summed E-state index contributed by atoms with van der Waals surface area (Å²) in [6.07, 6.45) is 0. The number of rotatable bonds is 4. The number of ketones is 1. The molecule has 1 aromatic heterocycles. The number of benzene rings is 1. The van der Waals surface area contributed by atoms with Crippen LogP contribution < -0.4 is 0 Å². The lowest BCUT2D eigenvalue weighted by Crippen LogP contribution is -2.35. The molecule has 118 valence electrons. The van der Waals surface area contributed by atoms with Crippen molar-refractivity contribution in [2.24, 2.45) is 0 Å². The lowest BCUT2D eigenvalue weighted by Gasteiger charge is -2.13. The Morgan fingerprint density at radius 3 is 2.09 bits per heavy atom. The number of amides is 2. The van der Waals surface area contributed by atoms with Gasteiger partial charge in [-0.05, 0) is 39.0 Å². The third-order valence-corrected chi connectivity index (χ3v) is 4.37. The van der Waals surface area contributed by atoms with Crippen LogP contribution in [0.25, 0.3) is 0 Å². The summed E-state index contributed by atoms with van der Waals surface area (Å²) in [6.45, 7) is 6.39. The van der Waals surface area contributed by atoms with E-state index in [0.717, 1.165) is 22.8 Å². The van der Waals surface area contributed by atoms with Gasteiger partial charge in [0.25, 0.3) is 11.8 Å². The minimum Gasteiger partial charge on any atom is -0.349 e. The number of imide groups is 1. The Morgan fingerprint density at radius 2 is 1.61 bits per heavy atom.